The number of likely N-dealkylation sites (N-methyl/N-ethyl adjacent to an activating group) is 1. The molecule has 1 aliphatic rings. The summed E-state index contributed by atoms with van der Waals surface area (Å²) in [6.07, 6.45) is 2.46. The van der Waals surface area contributed by atoms with Gasteiger partial charge < -0.3 is 10.2 Å². The van der Waals surface area contributed by atoms with Crippen LogP contribution in [-0.4, -0.2) is 31.1 Å². The minimum Gasteiger partial charge on any atom is -0.309 e. The number of hydrogen-bond acceptors (Lipinski definition) is 2. The van der Waals surface area contributed by atoms with Gasteiger partial charge in [-0.05, 0) is 43.5 Å². The molecule has 1 aromatic rings. The fourth-order valence-corrected chi connectivity index (χ4v) is 2.63. The molecule has 18 heavy (non-hydrogen) atoms. The molecule has 1 aliphatic heterocycles. The summed E-state index contributed by atoms with van der Waals surface area (Å²) in [5.74, 6) is 0.739. The van der Waals surface area contributed by atoms with E-state index in [-0.39, 0.29) is 0 Å². The van der Waals surface area contributed by atoms with Crippen LogP contribution < -0.4 is 5.32 Å². The molecular formula is C16H26N2. The van der Waals surface area contributed by atoms with Crippen molar-refractivity contribution >= 4 is 0 Å². The summed E-state index contributed by atoms with van der Waals surface area (Å²) >= 11 is 0. The second-order valence-electron chi connectivity index (χ2n) is 6.04. The van der Waals surface area contributed by atoms with Gasteiger partial charge in [0.1, 0.15) is 0 Å². The van der Waals surface area contributed by atoms with Crippen LogP contribution in [0.25, 0.3) is 0 Å². The first-order valence-corrected chi connectivity index (χ1v) is 7.13. The average Bonchev–Trinajstić information content (AvgIpc) is 2.74. The molecule has 0 aliphatic carbocycles. The Labute approximate surface area is 111 Å². The predicted octanol–water partition coefficient (Wildman–Crippen LogP) is 2.68. The van der Waals surface area contributed by atoms with E-state index in [0.717, 1.165) is 12.5 Å². The average molecular weight is 246 g/mol. The fraction of sp³-hybridized carbons (Fsp3) is 0.625. The topological polar surface area (TPSA) is 15.3 Å². The van der Waals surface area contributed by atoms with Gasteiger partial charge in [-0.2, -0.15) is 0 Å². The lowest BCUT2D eigenvalue weighted by Gasteiger charge is -2.13. The summed E-state index contributed by atoms with van der Waals surface area (Å²) in [6, 6.07) is 9.76. The molecule has 2 nitrogen and oxygen atoms in total. The first-order chi connectivity index (χ1) is 8.63. The zero-order valence-electron chi connectivity index (χ0n) is 11.9. The molecule has 1 aromatic carbocycles. The van der Waals surface area contributed by atoms with Crippen molar-refractivity contribution in [3.63, 3.8) is 0 Å². The second kappa shape index (κ2) is 6.35. The first kappa shape index (κ1) is 13.6. The van der Waals surface area contributed by atoms with Crippen molar-refractivity contribution in [2.75, 3.05) is 20.1 Å². The molecule has 0 radical (unpaired) electrons. The molecule has 0 amide bonds. The minimum atomic E-state index is 0.672. The maximum absolute atomic E-state index is 3.65. The van der Waals surface area contributed by atoms with Crippen LogP contribution in [0, 0.1) is 5.92 Å². The van der Waals surface area contributed by atoms with E-state index in [0.29, 0.717) is 6.04 Å². The highest BCUT2D eigenvalue weighted by Crippen LogP contribution is 2.11. The summed E-state index contributed by atoms with van der Waals surface area (Å²) in [7, 11) is 2.20. The Hall–Kier alpha value is -0.860. The van der Waals surface area contributed by atoms with E-state index in [1.807, 2.05) is 0 Å². The van der Waals surface area contributed by atoms with E-state index >= 15 is 0 Å². The molecule has 0 spiro atoms. The molecule has 1 N–H and O–H groups in total. The second-order valence-corrected chi connectivity index (χ2v) is 6.04. The number of nitrogens with one attached hydrogen (secondary N) is 1. The summed E-state index contributed by atoms with van der Waals surface area (Å²) in [4.78, 5) is 2.39. The number of likely N-dealkylation sites (tertiary alicyclic amines) is 1. The van der Waals surface area contributed by atoms with Gasteiger partial charge in [0.2, 0.25) is 0 Å². The van der Waals surface area contributed by atoms with Crippen LogP contribution in [0.3, 0.4) is 0 Å². The molecule has 1 fully saturated rings. The number of rotatable bonds is 5. The van der Waals surface area contributed by atoms with Gasteiger partial charge in [0.15, 0.2) is 0 Å². The van der Waals surface area contributed by atoms with E-state index in [4.69, 9.17) is 0 Å². The first-order valence-electron chi connectivity index (χ1n) is 7.13. The number of benzene rings is 1. The molecule has 1 atom stereocenters. The smallest absolute Gasteiger partial charge is 0.0210 e. The number of hydrogen-bond donors (Lipinski definition) is 1. The number of nitrogens with zero attached hydrogens (tertiary/aromatic N) is 1. The van der Waals surface area contributed by atoms with Crippen LogP contribution in [0.4, 0.5) is 0 Å². The molecule has 0 aromatic heterocycles. The lowest BCUT2D eigenvalue weighted by Crippen LogP contribution is -2.30. The van der Waals surface area contributed by atoms with Gasteiger partial charge in [-0.25, -0.2) is 0 Å². The zero-order chi connectivity index (χ0) is 13.0. The van der Waals surface area contributed by atoms with E-state index in [1.54, 1.807) is 0 Å². The minimum absolute atomic E-state index is 0.672. The Morgan fingerprint density at radius 2 is 1.89 bits per heavy atom. The molecule has 1 heterocycles. The van der Waals surface area contributed by atoms with Crippen molar-refractivity contribution in [2.45, 2.75) is 39.3 Å². The van der Waals surface area contributed by atoms with Crippen molar-refractivity contribution < 1.29 is 0 Å². The quantitative estimate of drug-likeness (QED) is 0.859. The highest BCUT2D eigenvalue weighted by atomic mass is 15.2. The van der Waals surface area contributed by atoms with E-state index in [9.17, 15) is 0 Å². The van der Waals surface area contributed by atoms with Crippen LogP contribution in [0.5, 0.6) is 0 Å². The Bertz CT molecular complexity index is 356. The summed E-state index contributed by atoms with van der Waals surface area (Å²) < 4.78 is 0. The lowest BCUT2D eigenvalue weighted by atomic mass is 10.0. The van der Waals surface area contributed by atoms with Gasteiger partial charge in [-0.3, -0.25) is 0 Å². The largest absolute Gasteiger partial charge is 0.309 e. The summed E-state index contributed by atoms with van der Waals surface area (Å²) in [6.45, 7) is 7.95. The van der Waals surface area contributed by atoms with E-state index in [1.165, 1.54) is 37.1 Å². The molecule has 2 heteroatoms. The zero-order valence-corrected chi connectivity index (χ0v) is 11.9. The van der Waals surface area contributed by atoms with Crippen molar-refractivity contribution in [1.29, 1.82) is 0 Å². The maximum Gasteiger partial charge on any atom is 0.0210 e. The fourth-order valence-electron chi connectivity index (χ4n) is 2.63. The SMILES string of the molecule is CC(C)Cc1ccc(CNC2CCN(C)C2)cc1. The van der Waals surface area contributed by atoms with E-state index in [2.05, 4.69) is 55.4 Å². The third-order valence-corrected chi connectivity index (χ3v) is 3.65. The molecule has 0 bridgehead atoms. The van der Waals surface area contributed by atoms with Crippen LogP contribution in [0.1, 0.15) is 31.4 Å². The standard InChI is InChI=1S/C16H26N2/c1-13(2)10-14-4-6-15(7-5-14)11-17-16-8-9-18(3)12-16/h4-7,13,16-17H,8-12H2,1-3H3. The van der Waals surface area contributed by atoms with Crippen LogP contribution in [0.15, 0.2) is 24.3 Å². The Kier molecular flexibility index (Phi) is 4.79. The lowest BCUT2D eigenvalue weighted by molar-refractivity contribution is 0.397. The van der Waals surface area contributed by atoms with Crippen LogP contribution >= 0.6 is 0 Å². The van der Waals surface area contributed by atoms with Crippen molar-refractivity contribution in [2.24, 2.45) is 5.92 Å². The van der Waals surface area contributed by atoms with Crippen molar-refractivity contribution in [1.82, 2.24) is 10.2 Å². The molecule has 0 saturated carbocycles. The van der Waals surface area contributed by atoms with Gasteiger partial charge >= 0.3 is 0 Å². The molecule has 1 saturated heterocycles. The highest BCUT2D eigenvalue weighted by Gasteiger charge is 2.18. The van der Waals surface area contributed by atoms with Crippen molar-refractivity contribution in [3.8, 4) is 0 Å². The van der Waals surface area contributed by atoms with Gasteiger partial charge in [-0.15, -0.1) is 0 Å². The molecule has 100 valence electrons. The van der Waals surface area contributed by atoms with Crippen molar-refractivity contribution in [3.05, 3.63) is 35.4 Å². The van der Waals surface area contributed by atoms with Gasteiger partial charge in [0, 0.05) is 19.1 Å². The van der Waals surface area contributed by atoms with Gasteiger partial charge in [0.05, 0.1) is 0 Å². The highest BCUT2D eigenvalue weighted by molar-refractivity contribution is 5.22. The summed E-state index contributed by atoms with van der Waals surface area (Å²) in [5, 5.41) is 3.65. The van der Waals surface area contributed by atoms with Crippen LogP contribution in [0.2, 0.25) is 0 Å². The Morgan fingerprint density at radius 3 is 2.44 bits per heavy atom. The van der Waals surface area contributed by atoms with Crippen LogP contribution in [-0.2, 0) is 13.0 Å². The van der Waals surface area contributed by atoms with E-state index < -0.39 is 0 Å². The molecular weight excluding hydrogens is 220 g/mol. The summed E-state index contributed by atoms with van der Waals surface area (Å²) in [5.41, 5.74) is 2.85. The maximum atomic E-state index is 3.65. The third kappa shape index (κ3) is 4.11. The van der Waals surface area contributed by atoms with Gasteiger partial charge in [0.25, 0.3) is 0 Å². The Morgan fingerprint density at radius 1 is 1.22 bits per heavy atom. The molecule has 2 rings (SSSR count). The predicted molar refractivity (Wildman–Crippen MR) is 77.7 cm³/mol. The molecule has 1 unspecified atom stereocenters. The van der Waals surface area contributed by atoms with Gasteiger partial charge in [-0.1, -0.05) is 38.1 Å². The third-order valence-electron chi connectivity index (χ3n) is 3.65. The normalized spacial score (nSPS) is 20.8. The monoisotopic (exact) mass is 246 g/mol. The Balaban J connectivity index is 1.79.